The van der Waals surface area contributed by atoms with Gasteiger partial charge in [-0.2, -0.15) is 4.99 Å². The molecule has 0 bridgehead atoms. The van der Waals surface area contributed by atoms with Crippen LogP contribution in [0, 0.1) is 0 Å². The van der Waals surface area contributed by atoms with E-state index in [-0.39, 0.29) is 5.91 Å². The van der Waals surface area contributed by atoms with E-state index in [1.165, 1.54) is 17.3 Å². The maximum Gasteiger partial charge on any atom is 0.286 e. The van der Waals surface area contributed by atoms with E-state index < -0.39 is 0 Å². The van der Waals surface area contributed by atoms with Gasteiger partial charge in [0, 0.05) is 31.4 Å². The van der Waals surface area contributed by atoms with Gasteiger partial charge in [-0.25, -0.2) is 0 Å². The summed E-state index contributed by atoms with van der Waals surface area (Å²) in [7, 11) is 0. The zero-order valence-corrected chi connectivity index (χ0v) is 17.9. The Kier molecular flexibility index (Phi) is 6.81. The molecule has 1 fully saturated rings. The van der Waals surface area contributed by atoms with Crippen LogP contribution in [0.4, 0.5) is 0 Å². The van der Waals surface area contributed by atoms with E-state index in [2.05, 4.69) is 33.9 Å². The van der Waals surface area contributed by atoms with Crippen LogP contribution in [0.2, 0.25) is 0 Å². The molecule has 30 heavy (non-hydrogen) atoms. The summed E-state index contributed by atoms with van der Waals surface area (Å²) in [4.78, 5) is 23.7. The Bertz CT molecular complexity index is 933. The van der Waals surface area contributed by atoms with Gasteiger partial charge < -0.3 is 14.4 Å². The first-order chi connectivity index (χ1) is 14.7. The summed E-state index contributed by atoms with van der Waals surface area (Å²) in [6, 6.07) is 11.9. The second kappa shape index (κ2) is 9.91. The largest absolute Gasteiger partial charge is 0.493 e. The topological polar surface area (TPSA) is 64.0 Å². The minimum atomic E-state index is -0.177. The van der Waals surface area contributed by atoms with Crippen LogP contribution >= 0.6 is 11.8 Å². The number of ether oxygens (including phenoxy) is 2. The Hall–Kier alpha value is -2.64. The number of thioether (sulfide) groups is 1. The van der Waals surface area contributed by atoms with Crippen molar-refractivity contribution < 1.29 is 14.3 Å². The predicted octanol–water partition coefficient (Wildman–Crippen LogP) is 3.57. The average molecular weight is 424 g/mol. The van der Waals surface area contributed by atoms with Crippen molar-refractivity contribution in [2.75, 3.05) is 32.9 Å². The van der Waals surface area contributed by atoms with Gasteiger partial charge in [0.25, 0.3) is 5.91 Å². The van der Waals surface area contributed by atoms with Crippen LogP contribution in [0.25, 0.3) is 6.08 Å². The molecule has 0 radical (unpaired) electrons. The highest BCUT2D eigenvalue weighted by molar-refractivity contribution is 8.18. The molecule has 0 atom stereocenters. The van der Waals surface area contributed by atoms with Crippen molar-refractivity contribution in [3.8, 4) is 5.75 Å². The molecule has 0 saturated carbocycles. The number of carbonyl (C=O) groups is 1. The van der Waals surface area contributed by atoms with E-state index in [1.54, 1.807) is 0 Å². The number of amidine groups is 1. The lowest BCUT2D eigenvalue weighted by atomic mass is 10.2. The first-order valence-corrected chi connectivity index (χ1v) is 11.0. The van der Waals surface area contributed by atoms with Crippen molar-refractivity contribution in [1.29, 1.82) is 0 Å². The summed E-state index contributed by atoms with van der Waals surface area (Å²) < 4.78 is 11.2. The molecule has 0 aliphatic carbocycles. The van der Waals surface area contributed by atoms with Gasteiger partial charge in [-0.05, 0) is 53.6 Å². The van der Waals surface area contributed by atoms with Gasteiger partial charge in [0.15, 0.2) is 5.17 Å². The normalized spacial score (nSPS) is 18.0. The summed E-state index contributed by atoms with van der Waals surface area (Å²) in [6.07, 6.45) is 5.57. The molecule has 3 heterocycles. The fourth-order valence-electron chi connectivity index (χ4n) is 3.19. The molecule has 7 heteroatoms. The van der Waals surface area contributed by atoms with Crippen molar-refractivity contribution in [2.24, 2.45) is 4.99 Å². The first kappa shape index (κ1) is 20.6. The second-order valence-corrected chi connectivity index (χ2v) is 8.10. The molecule has 2 aliphatic heterocycles. The molecule has 0 N–H and O–H groups in total. The highest BCUT2D eigenvalue weighted by atomic mass is 32.2. The number of hydrogen-bond donors (Lipinski definition) is 0. The third kappa shape index (κ3) is 5.29. The predicted molar refractivity (Wildman–Crippen MR) is 120 cm³/mol. The standard InChI is InChI=1S/C23H25N3O3S/c1-2-17-3-6-19(24-16-17)9-12-29-20-7-4-18(5-8-20)15-21-22(27)25-23(30-21)26-10-13-28-14-11-26/h3-8,15-16H,2,9-14H2,1H3/b21-15+. The van der Waals surface area contributed by atoms with Crippen molar-refractivity contribution in [3.05, 3.63) is 64.3 Å². The lowest BCUT2D eigenvalue weighted by molar-refractivity contribution is -0.113. The Morgan fingerprint density at radius 2 is 1.97 bits per heavy atom. The minimum absolute atomic E-state index is 0.177. The summed E-state index contributed by atoms with van der Waals surface area (Å²) in [6.45, 7) is 5.59. The van der Waals surface area contributed by atoms with E-state index >= 15 is 0 Å². The lowest BCUT2D eigenvalue weighted by Gasteiger charge is -2.27. The SMILES string of the molecule is CCc1ccc(CCOc2ccc(/C=C3/SC(N4CCOCC4)=NC3=O)cc2)nc1. The lowest BCUT2D eigenvalue weighted by Crippen LogP contribution is -2.38. The number of morpholine rings is 1. The molecule has 1 aromatic heterocycles. The summed E-state index contributed by atoms with van der Waals surface area (Å²) in [5, 5.41) is 0.773. The van der Waals surface area contributed by atoms with Crippen molar-refractivity contribution >= 4 is 28.9 Å². The average Bonchev–Trinajstić information content (AvgIpc) is 3.16. The Balaban J connectivity index is 1.29. The number of carbonyl (C=O) groups excluding carboxylic acids is 1. The third-order valence-electron chi connectivity index (χ3n) is 4.99. The maximum atomic E-state index is 12.2. The fraction of sp³-hybridized carbons (Fsp3) is 0.348. The Morgan fingerprint density at radius 1 is 1.17 bits per heavy atom. The number of nitrogens with zero attached hydrogens (tertiary/aromatic N) is 3. The molecule has 1 amide bonds. The van der Waals surface area contributed by atoms with E-state index in [4.69, 9.17) is 9.47 Å². The van der Waals surface area contributed by atoms with E-state index in [0.717, 1.165) is 48.1 Å². The van der Waals surface area contributed by atoms with Crippen LogP contribution in [0.5, 0.6) is 5.75 Å². The number of pyridine rings is 1. The minimum Gasteiger partial charge on any atom is -0.493 e. The van der Waals surface area contributed by atoms with Crippen LogP contribution in [-0.4, -0.2) is 53.9 Å². The Morgan fingerprint density at radius 3 is 2.67 bits per heavy atom. The van der Waals surface area contributed by atoms with Gasteiger partial charge in [0.1, 0.15) is 5.75 Å². The highest BCUT2D eigenvalue weighted by Crippen LogP contribution is 2.30. The van der Waals surface area contributed by atoms with Crippen LogP contribution in [0.1, 0.15) is 23.7 Å². The highest BCUT2D eigenvalue weighted by Gasteiger charge is 2.27. The fourth-order valence-corrected chi connectivity index (χ4v) is 4.15. The zero-order valence-electron chi connectivity index (χ0n) is 17.0. The summed E-state index contributed by atoms with van der Waals surface area (Å²) in [5.74, 6) is 0.626. The number of rotatable bonds is 6. The monoisotopic (exact) mass is 423 g/mol. The van der Waals surface area contributed by atoms with Gasteiger partial charge in [-0.3, -0.25) is 9.78 Å². The number of aromatic nitrogens is 1. The molecule has 0 spiro atoms. The van der Waals surface area contributed by atoms with E-state index in [1.807, 2.05) is 36.5 Å². The molecule has 1 saturated heterocycles. The summed E-state index contributed by atoms with van der Waals surface area (Å²) in [5.41, 5.74) is 3.22. The molecule has 2 aliphatic rings. The van der Waals surface area contributed by atoms with Crippen molar-refractivity contribution in [3.63, 3.8) is 0 Å². The molecule has 156 valence electrons. The van der Waals surface area contributed by atoms with Crippen LogP contribution in [-0.2, 0) is 22.4 Å². The maximum absolute atomic E-state index is 12.2. The van der Waals surface area contributed by atoms with E-state index in [9.17, 15) is 4.79 Å². The van der Waals surface area contributed by atoms with Gasteiger partial charge in [0.05, 0.1) is 24.7 Å². The smallest absolute Gasteiger partial charge is 0.286 e. The second-order valence-electron chi connectivity index (χ2n) is 7.09. The van der Waals surface area contributed by atoms with E-state index in [0.29, 0.717) is 24.7 Å². The number of hydrogen-bond acceptors (Lipinski definition) is 6. The van der Waals surface area contributed by atoms with Gasteiger partial charge in [0.2, 0.25) is 0 Å². The molecule has 0 unspecified atom stereocenters. The quantitative estimate of drug-likeness (QED) is 0.662. The summed E-state index contributed by atoms with van der Waals surface area (Å²) >= 11 is 1.43. The first-order valence-electron chi connectivity index (χ1n) is 10.2. The van der Waals surface area contributed by atoms with Gasteiger partial charge >= 0.3 is 0 Å². The number of amides is 1. The van der Waals surface area contributed by atoms with Crippen LogP contribution < -0.4 is 4.74 Å². The molecular weight excluding hydrogens is 398 g/mol. The molecule has 4 rings (SSSR count). The van der Waals surface area contributed by atoms with Gasteiger partial charge in [-0.1, -0.05) is 25.1 Å². The molecule has 1 aromatic carbocycles. The van der Waals surface area contributed by atoms with Gasteiger partial charge in [-0.15, -0.1) is 0 Å². The van der Waals surface area contributed by atoms with Crippen LogP contribution in [0.3, 0.4) is 0 Å². The van der Waals surface area contributed by atoms with Crippen molar-refractivity contribution in [1.82, 2.24) is 9.88 Å². The van der Waals surface area contributed by atoms with Crippen molar-refractivity contribution in [2.45, 2.75) is 19.8 Å². The zero-order chi connectivity index (χ0) is 20.8. The number of aryl methyl sites for hydroxylation is 1. The molecular formula is C23H25N3O3S. The molecule has 6 nitrogen and oxygen atoms in total. The number of aliphatic imine (C=N–C) groups is 1. The Labute approximate surface area is 181 Å². The van der Waals surface area contributed by atoms with Crippen LogP contribution in [0.15, 0.2) is 52.5 Å². The molecule has 2 aromatic rings. The third-order valence-corrected chi connectivity index (χ3v) is 6.03. The number of benzene rings is 1.